The minimum Gasteiger partial charge on any atom is -0.550 e. The number of ether oxygens (including phenoxy) is 1. The van der Waals surface area contributed by atoms with Gasteiger partial charge in [-0.25, -0.2) is 4.98 Å². The fourth-order valence-corrected chi connectivity index (χ4v) is 2.85. The molecule has 0 aliphatic carbocycles. The molecule has 29 heavy (non-hydrogen) atoms. The fraction of sp³-hybridized carbons (Fsp3) is 0.632. The average Bonchev–Trinajstić information content (AvgIpc) is 2.59. The van der Waals surface area contributed by atoms with Crippen molar-refractivity contribution in [3.05, 3.63) is 23.4 Å². The number of hydrogen-bond donors (Lipinski definition) is 1. The minimum atomic E-state index is -4.60. The second-order valence-electron chi connectivity index (χ2n) is 7.89. The number of rotatable bonds is 5. The van der Waals surface area contributed by atoms with Gasteiger partial charge in [-0.2, -0.15) is 13.2 Å². The number of carbonyl (C=O) groups excluding carboxylic acids is 2. The van der Waals surface area contributed by atoms with E-state index in [2.05, 4.69) is 4.98 Å². The SMILES string of the molecule is CC(C)(C)C(=O)OC1CCN(c2nc(C(F)(F)F)ccc2CCC(=O)[O-])CC1.[NH4+]. The number of aliphatic carboxylic acids is 1. The first-order chi connectivity index (χ1) is 12.9. The average molecular weight is 419 g/mol. The number of carboxylic acid groups (broad SMARTS) is 1. The highest BCUT2D eigenvalue weighted by atomic mass is 19.4. The molecule has 1 saturated heterocycles. The van der Waals surface area contributed by atoms with E-state index in [-0.39, 0.29) is 36.9 Å². The van der Waals surface area contributed by atoms with Gasteiger partial charge in [0.2, 0.25) is 0 Å². The van der Waals surface area contributed by atoms with Crippen LogP contribution in [0, 0.1) is 5.41 Å². The van der Waals surface area contributed by atoms with Gasteiger partial charge in [0.25, 0.3) is 0 Å². The van der Waals surface area contributed by atoms with Gasteiger partial charge in [-0.3, -0.25) is 4.79 Å². The number of quaternary nitrogens is 1. The number of aromatic nitrogens is 1. The van der Waals surface area contributed by atoms with Crippen LogP contribution >= 0.6 is 0 Å². The van der Waals surface area contributed by atoms with Gasteiger partial charge in [0.1, 0.15) is 17.6 Å². The molecule has 164 valence electrons. The normalized spacial score (nSPS) is 15.6. The first-order valence-corrected chi connectivity index (χ1v) is 9.11. The zero-order valence-electron chi connectivity index (χ0n) is 17.1. The third kappa shape index (κ3) is 6.88. The summed E-state index contributed by atoms with van der Waals surface area (Å²) >= 11 is 0. The van der Waals surface area contributed by atoms with E-state index in [0.717, 1.165) is 6.07 Å². The van der Waals surface area contributed by atoms with Crippen LogP contribution in [0.4, 0.5) is 19.0 Å². The zero-order chi connectivity index (χ0) is 21.1. The van der Waals surface area contributed by atoms with Crippen LogP contribution in [0.2, 0.25) is 0 Å². The Morgan fingerprint density at radius 2 is 1.79 bits per heavy atom. The van der Waals surface area contributed by atoms with Crippen molar-refractivity contribution in [1.82, 2.24) is 11.1 Å². The lowest BCUT2D eigenvalue weighted by Crippen LogP contribution is -2.40. The largest absolute Gasteiger partial charge is 0.550 e. The Morgan fingerprint density at radius 3 is 2.28 bits per heavy atom. The van der Waals surface area contributed by atoms with E-state index in [1.807, 2.05) is 0 Å². The summed E-state index contributed by atoms with van der Waals surface area (Å²) in [5.74, 6) is -1.48. The summed E-state index contributed by atoms with van der Waals surface area (Å²) in [7, 11) is 0. The summed E-state index contributed by atoms with van der Waals surface area (Å²) in [5, 5.41) is 10.7. The standard InChI is InChI=1S/C19H25F3N2O4.H3N/c1-18(2,3)17(27)28-13-8-10-24(11-9-13)16-12(5-7-15(25)26)4-6-14(23-16)19(20,21)22;/h4,6,13H,5,7-11H2,1-3H3,(H,25,26);1H3. The highest BCUT2D eigenvalue weighted by molar-refractivity contribution is 5.75. The maximum atomic E-state index is 13.1. The molecule has 0 amide bonds. The monoisotopic (exact) mass is 419 g/mol. The molecule has 7 nitrogen and oxygen atoms in total. The second-order valence-corrected chi connectivity index (χ2v) is 7.89. The van der Waals surface area contributed by atoms with Crippen LogP contribution in [0.5, 0.6) is 0 Å². The van der Waals surface area contributed by atoms with Crippen LogP contribution < -0.4 is 16.2 Å². The molecule has 0 spiro atoms. The van der Waals surface area contributed by atoms with Crippen molar-refractivity contribution in [3.8, 4) is 0 Å². The quantitative estimate of drug-likeness (QED) is 0.733. The van der Waals surface area contributed by atoms with Crippen LogP contribution in [-0.2, 0) is 26.9 Å². The van der Waals surface area contributed by atoms with Gasteiger partial charge in [-0.1, -0.05) is 6.07 Å². The summed E-state index contributed by atoms with van der Waals surface area (Å²) in [4.78, 5) is 28.2. The third-order valence-electron chi connectivity index (χ3n) is 4.47. The van der Waals surface area contributed by atoms with Crippen molar-refractivity contribution >= 4 is 17.8 Å². The summed E-state index contributed by atoms with van der Waals surface area (Å²) in [6.45, 7) is 5.96. The lowest BCUT2D eigenvalue weighted by molar-refractivity contribution is -0.305. The number of halogens is 3. The van der Waals surface area contributed by atoms with Crippen molar-refractivity contribution in [3.63, 3.8) is 0 Å². The first-order valence-electron chi connectivity index (χ1n) is 9.11. The Hall–Kier alpha value is -2.36. The van der Waals surface area contributed by atoms with Crippen LogP contribution in [0.15, 0.2) is 12.1 Å². The molecule has 0 unspecified atom stereocenters. The number of esters is 1. The minimum absolute atomic E-state index is 0. The van der Waals surface area contributed by atoms with Crippen molar-refractivity contribution in [1.29, 1.82) is 0 Å². The van der Waals surface area contributed by atoms with Crippen LogP contribution in [-0.4, -0.2) is 36.1 Å². The lowest BCUT2D eigenvalue weighted by Gasteiger charge is -2.34. The smallest absolute Gasteiger partial charge is 0.433 e. The Morgan fingerprint density at radius 1 is 1.21 bits per heavy atom. The molecule has 2 rings (SSSR count). The van der Waals surface area contributed by atoms with Crippen LogP contribution in [0.25, 0.3) is 0 Å². The maximum absolute atomic E-state index is 13.1. The summed E-state index contributed by atoms with van der Waals surface area (Å²) in [5.41, 5.74) is -1.24. The summed E-state index contributed by atoms with van der Waals surface area (Å²) < 4.78 is 44.6. The van der Waals surface area contributed by atoms with Gasteiger partial charge in [0.15, 0.2) is 0 Å². The van der Waals surface area contributed by atoms with Gasteiger partial charge in [-0.05, 0) is 45.2 Å². The van der Waals surface area contributed by atoms with Crippen molar-refractivity contribution < 1.29 is 32.6 Å². The molecule has 1 aromatic rings. The van der Waals surface area contributed by atoms with Gasteiger partial charge in [-0.15, -0.1) is 0 Å². The molecular formula is C19H28F3N3O4. The van der Waals surface area contributed by atoms with Crippen LogP contribution in [0.1, 0.15) is 51.3 Å². The number of pyridine rings is 1. The molecule has 10 heteroatoms. The Kier molecular flexibility index (Phi) is 8.02. The van der Waals surface area contributed by atoms with Crippen molar-refractivity contribution in [2.24, 2.45) is 5.41 Å². The third-order valence-corrected chi connectivity index (χ3v) is 4.47. The fourth-order valence-electron chi connectivity index (χ4n) is 2.85. The number of alkyl halides is 3. The predicted molar refractivity (Wildman–Crippen MR) is 99.3 cm³/mol. The van der Waals surface area contributed by atoms with Gasteiger partial charge in [0, 0.05) is 31.9 Å². The predicted octanol–water partition coefficient (Wildman–Crippen LogP) is 2.72. The molecule has 0 aromatic carbocycles. The van der Waals surface area contributed by atoms with E-state index in [4.69, 9.17) is 4.74 Å². The zero-order valence-corrected chi connectivity index (χ0v) is 17.1. The molecule has 1 aliphatic rings. The molecule has 0 saturated carbocycles. The number of anilines is 1. The Labute approximate surface area is 167 Å². The second kappa shape index (κ2) is 9.43. The van der Waals surface area contributed by atoms with Crippen molar-refractivity contribution in [2.45, 2.75) is 58.7 Å². The molecule has 0 radical (unpaired) electrons. The maximum Gasteiger partial charge on any atom is 0.433 e. The topological polar surface area (TPSA) is 119 Å². The first kappa shape index (κ1) is 24.7. The molecule has 4 N–H and O–H groups in total. The highest BCUT2D eigenvalue weighted by Crippen LogP contribution is 2.32. The van der Waals surface area contributed by atoms with Crippen LogP contribution in [0.3, 0.4) is 0 Å². The van der Waals surface area contributed by atoms with Gasteiger partial charge >= 0.3 is 12.1 Å². The van der Waals surface area contributed by atoms with E-state index < -0.39 is 23.3 Å². The molecule has 1 aromatic heterocycles. The number of carboxylic acids is 1. The van der Waals surface area contributed by atoms with E-state index in [1.165, 1.54) is 6.07 Å². The lowest BCUT2D eigenvalue weighted by atomic mass is 9.97. The number of hydrogen-bond acceptors (Lipinski definition) is 6. The molecule has 1 fully saturated rings. The number of nitrogens with zero attached hydrogens (tertiary/aromatic N) is 2. The molecule has 2 heterocycles. The highest BCUT2D eigenvalue weighted by Gasteiger charge is 2.34. The van der Waals surface area contributed by atoms with E-state index in [0.29, 0.717) is 31.5 Å². The summed E-state index contributed by atoms with van der Waals surface area (Å²) in [6.07, 6.45) is -4.26. The van der Waals surface area contributed by atoms with E-state index >= 15 is 0 Å². The number of carbonyl (C=O) groups is 2. The Bertz CT molecular complexity index is 724. The summed E-state index contributed by atoms with van der Waals surface area (Å²) in [6, 6.07) is 2.12. The molecule has 0 atom stereocenters. The van der Waals surface area contributed by atoms with E-state index in [1.54, 1.807) is 25.7 Å². The molecular weight excluding hydrogens is 391 g/mol. The number of piperidine rings is 1. The molecule has 1 aliphatic heterocycles. The van der Waals surface area contributed by atoms with Gasteiger partial charge < -0.3 is 25.7 Å². The van der Waals surface area contributed by atoms with Gasteiger partial charge in [0.05, 0.1) is 5.41 Å². The number of aryl methyl sites for hydroxylation is 1. The Balaban J connectivity index is 0.00000420. The molecule has 0 bridgehead atoms. The van der Waals surface area contributed by atoms with E-state index in [9.17, 15) is 27.9 Å². The van der Waals surface area contributed by atoms with Crippen molar-refractivity contribution in [2.75, 3.05) is 18.0 Å².